The van der Waals surface area contributed by atoms with E-state index in [0.29, 0.717) is 6.04 Å². The summed E-state index contributed by atoms with van der Waals surface area (Å²) in [7, 11) is 3.50. The van der Waals surface area contributed by atoms with Gasteiger partial charge in [0.2, 0.25) is 0 Å². The smallest absolute Gasteiger partial charge is 0.191 e. The minimum absolute atomic E-state index is 0.369. The first-order chi connectivity index (χ1) is 13.3. The lowest BCUT2D eigenvalue weighted by Gasteiger charge is -2.29. The summed E-state index contributed by atoms with van der Waals surface area (Å²) in [4.78, 5) is 6.95. The highest BCUT2D eigenvalue weighted by Crippen LogP contribution is 2.24. The maximum Gasteiger partial charge on any atom is 0.191 e. The van der Waals surface area contributed by atoms with Crippen LogP contribution in [0.1, 0.15) is 30.0 Å². The Morgan fingerprint density at radius 2 is 1.74 bits per heavy atom. The number of nitrogens with zero attached hydrogens (tertiary/aromatic N) is 2. The van der Waals surface area contributed by atoms with E-state index in [2.05, 4.69) is 63.0 Å². The first kappa shape index (κ1) is 19.2. The van der Waals surface area contributed by atoms with Gasteiger partial charge >= 0.3 is 0 Å². The Morgan fingerprint density at radius 1 is 1.04 bits per heavy atom. The molecule has 1 fully saturated rings. The number of nitrogens with one attached hydrogen (secondary N) is 2. The molecule has 0 amide bonds. The third-order valence-corrected chi connectivity index (χ3v) is 5.07. The van der Waals surface area contributed by atoms with Gasteiger partial charge < -0.3 is 15.4 Å². The van der Waals surface area contributed by atoms with E-state index in [1.165, 1.54) is 37.1 Å². The third kappa shape index (κ3) is 5.47. The molecule has 0 aliphatic carbocycles. The molecule has 5 nitrogen and oxygen atoms in total. The zero-order valence-corrected chi connectivity index (χ0v) is 16.3. The van der Waals surface area contributed by atoms with E-state index in [-0.39, 0.29) is 0 Å². The number of guanidine groups is 1. The molecule has 1 aliphatic rings. The van der Waals surface area contributed by atoms with Gasteiger partial charge in [-0.15, -0.1) is 0 Å². The van der Waals surface area contributed by atoms with Crippen molar-refractivity contribution < 1.29 is 4.74 Å². The van der Waals surface area contributed by atoms with Crippen molar-refractivity contribution in [2.24, 2.45) is 4.99 Å². The minimum Gasteiger partial charge on any atom is -0.497 e. The van der Waals surface area contributed by atoms with Crippen LogP contribution in [-0.2, 0) is 6.54 Å². The molecule has 5 heteroatoms. The van der Waals surface area contributed by atoms with Gasteiger partial charge in [0.1, 0.15) is 5.75 Å². The first-order valence-corrected chi connectivity index (χ1v) is 9.66. The summed E-state index contributed by atoms with van der Waals surface area (Å²) < 4.78 is 5.21. The SMILES string of the molecule is CN=C(NCc1ccc(OC)cc1)NCC(c1ccccc1)N1CCCC1. The molecule has 1 atom stereocenters. The van der Waals surface area contributed by atoms with Crippen LogP contribution in [0.2, 0.25) is 0 Å². The fraction of sp³-hybridized carbons (Fsp3) is 0.409. The zero-order chi connectivity index (χ0) is 18.9. The molecular formula is C22H30N4O. The summed E-state index contributed by atoms with van der Waals surface area (Å²) in [6, 6.07) is 19.2. The van der Waals surface area contributed by atoms with Gasteiger partial charge in [-0.1, -0.05) is 42.5 Å². The maximum atomic E-state index is 5.21. The average Bonchev–Trinajstić information content (AvgIpc) is 3.26. The Hall–Kier alpha value is -2.53. The van der Waals surface area contributed by atoms with Gasteiger partial charge in [0.05, 0.1) is 13.2 Å². The second-order valence-electron chi connectivity index (χ2n) is 6.82. The van der Waals surface area contributed by atoms with Gasteiger partial charge in [0, 0.05) is 20.1 Å². The highest BCUT2D eigenvalue weighted by atomic mass is 16.5. The number of hydrogen-bond acceptors (Lipinski definition) is 3. The molecule has 0 radical (unpaired) electrons. The average molecular weight is 367 g/mol. The molecule has 0 bridgehead atoms. The van der Waals surface area contributed by atoms with Gasteiger partial charge in [-0.25, -0.2) is 0 Å². The van der Waals surface area contributed by atoms with Crippen LogP contribution >= 0.6 is 0 Å². The van der Waals surface area contributed by atoms with Crippen molar-refractivity contribution in [1.82, 2.24) is 15.5 Å². The number of ether oxygens (including phenoxy) is 1. The molecule has 0 spiro atoms. The Morgan fingerprint density at radius 3 is 2.37 bits per heavy atom. The monoisotopic (exact) mass is 366 g/mol. The van der Waals surface area contributed by atoms with Crippen LogP contribution in [0.4, 0.5) is 0 Å². The van der Waals surface area contributed by atoms with Crippen molar-refractivity contribution in [3.8, 4) is 5.75 Å². The largest absolute Gasteiger partial charge is 0.497 e. The Bertz CT molecular complexity index is 709. The standard InChI is InChI=1S/C22H30N4O/c1-23-22(24-16-18-10-12-20(27-2)13-11-18)25-17-21(26-14-6-7-15-26)19-8-4-3-5-9-19/h3-5,8-13,21H,6-7,14-17H2,1-2H3,(H2,23,24,25). The fourth-order valence-corrected chi connectivity index (χ4v) is 3.53. The topological polar surface area (TPSA) is 48.9 Å². The van der Waals surface area contributed by atoms with Crippen molar-refractivity contribution in [2.45, 2.75) is 25.4 Å². The van der Waals surface area contributed by atoms with Crippen LogP contribution in [0, 0.1) is 0 Å². The summed E-state index contributed by atoms with van der Waals surface area (Å²) >= 11 is 0. The summed E-state index contributed by atoms with van der Waals surface area (Å²) in [6.45, 7) is 3.90. The normalized spacial score (nSPS) is 16.1. The highest BCUT2D eigenvalue weighted by molar-refractivity contribution is 5.79. The number of likely N-dealkylation sites (tertiary alicyclic amines) is 1. The lowest BCUT2D eigenvalue weighted by Crippen LogP contribution is -2.42. The van der Waals surface area contributed by atoms with Crippen molar-refractivity contribution in [3.63, 3.8) is 0 Å². The lowest BCUT2D eigenvalue weighted by atomic mass is 10.1. The number of hydrogen-bond donors (Lipinski definition) is 2. The van der Waals surface area contributed by atoms with E-state index < -0.39 is 0 Å². The molecule has 1 saturated heterocycles. The lowest BCUT2D eigenvalue weighted by molar-refractivity contribution is 0.245. The summed E-state index contributed by atoms with van der Waals surface area (Å²) in [5.74, 6) is 1.70. The van der Waals surface area contributed by atoms with E-state index in [9.17, 15) is 0 Å². The molecule has 27 heavy (non-hydrogen) atoms. The molecular weight excluding hydrogens is 336 g/mol. The Balaban J connectivity index is 1.57. The van der Waals surface area contributed by atoms with Gasteiger partial charge in [0.15, 0.2) is 5.96 Å². The van der Waals surface area contributed by atoms with E-state index in [1.54, 1.807) is 7.11 Å². The van der Waals surface area contributed by atoms with Gasteiger partial charge in [-0.3, -0.25) is 9.89 Å². The highest BCUT2D eigenvalue weighted by Gasteiger charge is 2.23. The molecule has 3 rings (SSSR count). The van der Waals surface area contributed by atoms with Gasteiger partial charge in [-0.05, 0) is 49.2 Å². The molecule has 0 saturated carbocycles. The molecule has 144 valence electrons. The second-order valence-corrected chi connectivity index (χ2v) is 6.82. The number of methoxy groups -OCH3 is 1. The van der Waals surface area contributed by atoms with Gasteiger partial charge in [0.25, 0.3) is 0 Å². The summed E-state index contributed by atoms with van der Waals surface area (Å²) in [5.41, 5.74) is 2.55. The molecule has 1 unspecified atom stereocenters. The number of rotatable bonds is 7. The predicted octanol–water partition coefficient (Wildman–Crippen LogP) is 3.20. The third-order valence-electron chi connectivity index (χ3n) is 5.07. The van der Waals surface area contributed by atoms with E-state index >= 15 is 0 Å². The van der Waals surface area contributed by atoms with Crippen LogP contribution in [0.5, 0.6) is 5.75 Å². The van der Waals surface area contributed by atoms with Crippen LogP contribution < -0.4 is 15.4 Å². The van der Waals surface area contributed by atoms with E-state index in [0.717, 1.165) is 24.8 Å². The van der Waals surface area contributed by atoms with Crippen molar-refractivity contribution in [1.29, 1.82) is 0 Å². The van der Waals surface area contributed by atoms with Crippen LogP contribution in [0.15, 0.2) is 59.6 Å². The van der Waals surface area contributed by atoms with E-state index in [1.807, 2.05) is 19.2 Å². The van der Waals surface area contributed by atoms with E-state index in [4.69, 9.17) is 4.74 Å². The zero-order valence-electron chi connectivity index (χ0n) is 16.3. The molecule has 2 N–H and O–H groups in total. The van der Waals surface area contributed by atoms with Crippen molar-refractivity contribution >= 4 is 5.96 Å². The van der Waals surface area contributed by atoms with Crippen molar-refractivity contribution in [3.05, 3.63) is 65.7 Å². The summed E-state index contributed by atoms with van der Waals surface area (Å²) in [5, 5.41) is 6.91. The number of aliphatic imine (C=N–C) groups is 1. The minimum atomic E-state index is 0.369. The Labute approximate surface area is 162 Å². The van der Waals surface area contributed by atoms with Crippen LogP contribution in [0.25, 0.3) is 0 Å². The molecule has 2 aromatic rings. The maximum absolute atomic E-state index is 5.21. The molecule has 1 aliphatic heterocycles. The Kier molecular flexibility index (Phi) is 7.11. The van der Waals surface area contributed by atoms with Crippen LogP contribution in [0.3, 0.4) is 0 Å². The molecule has 2 aromatic carbocycles. The fourth-order valence-electron chi connectivity index (χ4n) is 3.53. The predicted molar refractivity (Wildman–Crippen MR) is 111 cm³/mol. The second kappa shape index (κ2) is 9.97. The van der Waals surface area contributed by atoms with Gasteiger partial charge in [-0.2, -0.15) is 0 Å². The molecule has 1 heterocycles. The summed E-state index contributed by atoms with van der Waals surface area (Å²) in [6.07, 6.45) is 2.57. The molecule has 0 aromatic heterocycles. The quantitative estimate of drug-likeness (QED) is 0.584. The van der Waals surface area contributed by atoms with Crippen molar-refractivity contribution in [2.75, 3.05) is 33.8 Å². The van der Waals surface area contributed by atoms with Crippen LogP contribution in [-0.4, -0.2) is 44.7 Å². The first-order valence-electron chi connectivity index (χ1n) is 9.66. The number of benzene rings is 2.